The third-order valence-electron chi connectivity index (χ3n) is 2.24. The van der Waals surface area contributed by atoms with Crippen molar-refractivity contribution in [3.63, 3.8) is 0 Å². The standard InChI is InChI=1S/C11H16N2O2/c1-13(2)8-11(12,10(14)15)9-6-4-3-5-7-9/h3-7H,8,12H2,1-2H3,(H,14,15). The Labute approximate surface area is 89.3 Å². The van der Waals surface area contributed by atoms with Gasteiger partial charge in [-0.3, -0.25) is 0 Å². The predicted octanol–water partition coefficient (Wildman–Crippen LogP) is 0.487. The molecule has 0 fully saturated rings. The first kappa shape index (κ1) is 11.7. The number of nitrogens with zero attached hydrogens (tertiary/aromatic N) is 1. The fraction of sp³-hybridized carbons (Fsp3) is 0.364. The Kier molecular flexibility index (Phi) is 3.44. The molecule has 15 heavy (non-hydrogen) atoms. The van der Waals surface area contributed by atoms with E-state index < -0.39 is 11.5 Å². The maximum Gasteiger partial charge on any atom is 0.329 e. The molecule has 0 aliphatic carbocycles. The van der Waals surface area contributed by atoms with Crippen LogP contribution in [0.4, 0.5) is 0 Å². The van der Waals surface area contributed by atoms with E-state index in [4.69, 9.17) is 5.73 Å². The molecule has 0 radical (unpaired) electrons. The summed E-state index contributed by atoms with van der Waals surface area (Å²) in [6.07, 6.45) is 0. The Hall–Kier alpha value is -1.39. The van der Waals surface area contributed by atoms with Crippen molar-refractivity contribution in [1.29, 1.82) is 0 Å². The maximum atomic E-state index is 11.2. The molecule has 0 heterocycles. The zero-order chi connectivity index (χ0) is 11.5. The number of rotatable bonds is 4. The van der Waals surface area contributed by atoms with Crippen LogP contribution in [-0.2, 0) is 10.3 Å². The molecular formula is C11H16N2O2. The number of nitrogens with two attached hydrogens (primary N) is 1. The maximum absolute atomic E-state index is 11.2. The highest BCUT2D eigenvalue weighted by molar-refractivity contribution is 5.80. The Morgan fingerprint density at radius 2 is 1.93 bits per heavy atom. The van der Waals surface area contributed by atoms with E-state index in [0.29, 0.717) is 5.56 Å². The summed E-state index contributed by atoms with van der Waals surface area (Å²) in [5.74, 6) is -1.01. The van der Waals surface area contributed by atoms with Crippen molar-refractivity contribution < 1.29 is 9.90 Å². The molecule has 0 saturated heterocycles. The summed E-state index contributed by atoms with van der Waals surface area (Å²) in [4.78, 5) is 13.0. The molecule has 4 nitrogen and oxygen atoms in total. The van der Waals surface area contributed by atoms with E-state index in [2.05, 4.69) is 0 Å². The van der Waals surface area contributed by atoms with E-state index in [9.17, 15) is 9.90 Å². The van der Waals surface area contributed by atoms with Crippen LogP contribution in [0, 0.1) is 0 Å². The molecule has 0 bridgehead atoms. The fourth-order valence-electron chi connectivity index (χ4n) is 1.52. The summed E-state index contributed by atoms with van der Waals surface area (Å²) in [7, 11) is 3.60. The van der Waals surface area contributed by atoms with Crippen LogP contribution in [0.15, 0.2) is 30.3 Å². The number of likely N-dealkylation sites (N-methyl/N-ethyl adjacent to an activating group) is 1. The van der Waals surface area contributed by atoms with E-state index in [-0.39, 0.29) is 6.54 Å². The minimum Gasteiger partial charge on any atom is -0.480 e. The van der Waals surface area contributed by atoms with Gasteiger partial charge in [0.1, 0.15) is 0 Å². The van der Waals surface area contributed by atoms with Gasteiger partial charge in [0.2, 0.25) is 0 Å². The van der Waals surface area contributed by atoms with Gasteiger partial charge in [-0.15, -0.1) is 0 Å². The van der Waals surface area contributed by atoms with Gasteiger partial charge in [0.15, 0.2) is 5.54 Å². The number of carboxylic acids is 1. The first-order valence-corrected chi connectivity index (χ1v) is 4.69. The number of benzene rings is 1. The summed E-state index contributed by atoms with van der Waals surface area (Å²) in [5.41, 5.74) is 5.20. The van der Waals surface area contributed by atoms with Crippen molar-refractivity contribution in [2.24, 2.45) is 5.73 Å². The van der Waals surface area contributed by atoms with Crippen LogP contribution in [0.25, 0.3) is 0 Å². The van der Waals surface area contributed by atoms with E-state index in [1.54, 1.807) is 43.3 Å². The first-order chi connectivity index (χ1) is 6.97. The number of hydrogen-bond donors (Lipinski definition) is 2. The predicted molar refractivity (Wildman–Crippen MR) is 58.5 cm³/mol. The van der Waals surface area contributed by atoms with Crippen molar-refractivity contribution in [2.45, 2.75) is 5.54 Å². The van der Waals surface area contributed by atoms with Gasteiger partial charge in [-0.05, 0) is 19.7 Å². The van der Waals surface area contributed by atoms with Gasteiger partial charge in [0, 0.05) is 6.54 Å². The van der Waals surface area contributed by atoms with Crippen molar-refractivity contribution in [2.75, 3.05) is 20.6 Å². The van der Waals surface area contributed by atoms with E-state index >= 15 is 0 Å². The lowest BCUT2D eigenvalue weighted by Gasteiger charge is -2.28. The highest BCUT2D eigenvalue weighted by Gasteiger charge is 2.36. The second-order valence-electron chi connectivity index (χ2n) is 3.88. The van der Waals surface area contributed by atoms with Crippen molar-refractivity contribution in [3.05, 3.63) is 35.9 Å². The number of aliphatic carboxylic acids is 1. The summed E-state index contributed by atoms with van der Waals surface area (Å²) in [6, 6.07) is 8.88. The van der Waals surface area contributed by atoms with Crippen molar-refractivity contribution in [3.8, 4) is 0 Å². The molecule has 0 aromatic heterocycles. The Morgan fingerprint density at radius 1 is 1.40 bits per heavy atom. The van der Waals surface area contributed by atoms with Gasteiger partial charge in [0.25, 0.3) is 0 Å². The molecule has 0 aliphatic rings. The summed E-state index contributed by atoms with van der Waals surface area (Å²) in [6.45, 7) is 0.270. The second-order valence-corrected chi connectivity index (χ2v) is 3.88. The largest absolute Gasteiger partial charge is 0.480 e. The fourth-order valence-corrected chi connectivity index (χ4v) is 1.52. The van der Waals surface area contributed by atoms with E-state index in [0.717, 1.165) is 0 Å². The van der Waals surface area contributed by atoms with Crippen LogP contribution in [0.2, 0.25) is 0 Å². The Morgan fingerprint density at radius 3 is 2.33 bits per heavy atom. The minimum absolute atomic E-state index is 0.270. The Bertz CT molecular complexity index is 338. The van der Waals surface area contributed by atoms with Gasteiger partial charge in [-0.1, -0.05) is 30.3 Å². The quantitative estimate of drug-likeness (QED) is 0.755. The molecule has 1 aromatic carbocycles. The minimum atomic E-state index is -1.34. The highest BCUT2D eigenvalue weighted by Crippen LogP contribution is 2.19. The van der Waals surface area contributed by atoms with Gasteiger partial charge in [-0.25, -0.2) is 4.79 Å². The van der Waals surface area contributed by atoms with Crippen molar-refractivity contribution >= 4 is 5.97 Å². The molecule has 82 valence electrons. The number of carbonyl (C=O) groups is 1. The third-order valence-corrected chi connectivity index (χ3v) is 2.24. The van der Waals surface area contributed by atoms with Crippen LogP contribution >= 0.6 is 0 Å². The summed E-state index contributed by atoms with van der Waals surface area (Å²) in [5, 5.41) is 9.18. The normalized spacial score (nSPS) is 14.9. The van der Waals surface area contributed by atoms with Crippen LogP contribution in [-0.4, -0.2) is 36.6 Å². The molecule has 1 atom stereocenters. The Balaban J connectivity index is 3.07. The van der Waals surface area contributed by atoms with Crippen LogP contribution in [0.3, 0.4) is 0 Å². The molecule has 4 heteroatoms. The van der Waals surface area contributed by atoms with Crippen molar-refractivity contribution in [1.82, 2.24) is 4.90 Å². The molecule has 0 amide bonds. The molecule has 0 spiro atoms. The molecule has 1 aromatic rings. The number of hydrogen-bond acceptors (Lipinski definition) is 3. The summed E-state index contributed by atoms with van der Waals surface area (Å²) < 4.78 is 0. The first-order valence-electron chi connectivity index (χ1n) is 4.69. The van der Waals surface area contributed by atoms with Gasteiger partial charge >= 0.3 is 5.97 Å². The zero-order valence-electron chi connectivity index (χ0n) is 8.97. The van der Waals surface area contributed by atoms with Crippen LogP contribution in [0.1, 0.15) is 5.56 Å². The smallest absolute Gasteiger partial charge is 0.329 e. The average molecular weight is 208 g/mol. The van der Waals surface area contributed by atoms with Gasteiger partial charge < -0.3 is 15.7 Å². The molecule has 3 N–H and O–H groups in total. The van der Waals surface area contributed by atoms with E-state index in [1.807, 2.05) is 6.07 Å². The van der Waals surface area contributed by atoms with Crippen LogP contribution < -0.4 is 5.73 Å². The molecule has 0 aliphatic heterocycles. The molecule has 0 saturated carbocycles. The third kappa shape index (κ3) is 2.55. The molecule has 1 unspecified atom stereocenters. The lowest BCUT2D eigenvalue weighted by Crippen LogP contribution is -2.52. The second kappa shape index (κ2) is 4.42. The SMILES string of the molecule is CN(C)CC(N)(C(=O)O)c1ccccc1. The topological polar surface area (TPSA) is 66.6 Å². The van der Waals surface area contributed by atoms with Gasteiger partial charge in [-0.2, -0.15) is 0 Å². The highest BCUT2D eigenvalue weighted by atomic mass is 16.4. The average Bonchev–Trinajstić information content (AvgIpc) is 2.17. The monoisotopic (exact) mass is 208 g/mol. The van der Waals surface area contributed by atoms with Crippen LogP contribution in [0.5, 0.6) is 0 Å². The van der Waals surface area contributed by atoms with Gasteiger partial charge in [0.05, 0.1) is 0 Å². The van der Waals surface area contributed by atoms with E-state index in [1.165, 1.54) is 0 Å². The lowest BCUT2D eigenvalue weighted by molar-refractivity contribution is -0.144. The number of carboxylic acid groups (broad SMARTS) is 1. The zero-order valence-corrected chi connectivity index (χ0v) is 8.97. The summed E-state index contributed by atoms with van der Waals surface area (Å²) >= 11 is 0. The molecule has 1 rings (SSSR count). The lowest BCUT2D eigenvalue weighted by atomic mass is 9.90. The molecular weight excluding hydrogens is 192 g/mol.